The summed E-state index contributed by atoms with van der Waals surface area (Å²) < 4.78 is 11.7. The van der Waals surface area contributed by atoms with E-state index in [0.29, 0.717) is 23.8 Å². The average molecular weight is 449 g/mol. The lowest BCUT2D eigenvalue weighted by Gasteiger charge is -2.12. The highest BCUT2D eigenvalue weighted by Crippen LogP contribution is 2.20. The molecular formula is C26H28N2O5. The van der Waals surface area contributed by atoms with E-state index in [1.54, 1.807) is 24.3 Å². The SMILES string of the molecule is CO/N=C(\COc1ccc(COc2ccc(C(N)CC(=O)O)cc2)cc1)c1cccc(C)c1. The van der Waals surface area contributed by atoms with Gasteiger partial charge in [-0.1, -0.05) is 53.2 Å². The molecule has 0 saturated carbocycles. The predicted octanol–water partition coefficient (Wildman–Crippen LogP) is 4.48. The number of carboxylic acid groups (broad SMARTS) is 1. The first kappa shape index (κ1) is 23.8. The summed E-state index contributed by atoms with van der Waals surface area (Å²) in [5.74, 6) is 0.472. The lowest BCUT2D eigenvalue weighted by molar-refractivity contribution is -0.137. The van der Waals surface area contributed by atoms with Crippen molar-refractivity contribution in [2.75, 3.05) is 13.7 Å². The number of benzene rings is 3. The first-order valence-electron chi connectivity index (χ1n) is 10.5. The van der Waals surface area contributed by atoms with Crippen LogP contribution in [-0.2, 0) is 16.2 Å². The van der Waals surface area contributed by atoms with Gasteiger partial charge in [-0.3, -0.25) is 4.79 Å². The molecule has 3 aromatic carbocycles. The molecule has 0 spiro atoms. The van der Waals surface area contributed by atoms with Crippen molar-refractivity contribution in [3.05, 3.63) is 95.1 Å². The molecule has 0 radical (unpaired) electrons. The van der Waals surface area contributed by atoms with Crippen LogP contribution in [0.2, 0.25) is 0 Å². The summed E-state index contributed by atoms with van der Waals surface area (Å²) >= 11 is 0. The highest BCUT2D eigenvalue weighted by Gasteiger charge is 2.11. The summed E-state index contributed by atoms with van der Waals surface area (Å²) in [5.41, 5.74) is 10.4. The van der Waals surface area contributed by atoms with Gasteiger partial charge in [-0.15, -0.1) is 0 Å². The van der Waals surface area contributed by atoms with E-state index in [0.717, 1.165) is 22.3 Å². The Balaban J connectivity index is 1.53. The third-order valence-corrected chi connectivity index (χ3v) is 4.96. The molecule has 1 atom stereocenters. The smallest absolute Gasteiger partial charge is 0.305 e. The average Bonchev–Trinajstić information content (AvgIpc) is 2.81. The fourth-order valence-electron chi connectivity index (χ4n) is 3.21. The van der Waals surface area contributed by atoms with Gasteiger partial charge in [0.1, 0.15) is 37.5 Å². The van der Waals surface area contributed by atoms with Crippen molar-refractivity contribution < 1.29 is 24.2 Å². The Morgan fingerprint density at radius 2 is 1.67 bits per heavy atom. The van der Waals surface area contributed by atoms with E-state index in [2.05, 4.69) is 5.16 Å². The molecule has 172 valence electrons. The van der Waals surface area contributed by atoms with Crippen molar-refractivity contribution in [3.8, 4) is 11.5 Å². The zero-order chi connectivity index (χ0) is 23.6. The van der Waals surface area contributed by atoms with Gasteiger partial charge in [-0.2, -0.15) is 0 Å². The molecule has 33 heavy (non-hydrogen) atoms. The number of nitrogens with two attached hydrogens (primary N) is 1. The normalized spacial score (nSPS) is 12.2. The summed E-state index contributed by atoms with van der Waals surface area (Å²) in [6.45, 7) is 2.70. The molecule has 0 bridgehead atoms. The van der Waals surface area contributed by atoms with Crippen LogP contribution in [0.3, 0.4) is 0 Å². The molecule has 3 rings (SSSR count). The summed E-state index contributed by atoms with van der Waals surface area (Å²) in [6, 6.07) is 22.3. The van der Waals surface area contributed by atoms with Crippen LogP contribution in [-0.4, -0.2) is 30.5 Å². The summed E-state index contributed by atoms with van der Waals surface area (Å²) in [7, 11) is 1.52. The predicted molar refractivity (Wildman–Crippen MR) is 127 cm³/mol. The maximum absolute atomic E-state index is 10.8. The molecule has 7 nitrogen and oxygen atoms in total. The third kappa shape index (κ3) is 7.36. The molecule has 3 aromatic rings. The quantitative estimate of drug-likeness (QED) is 0.331. The number of carboxylic acids is 1. The first-order valence-corrected chi connectivity index (χ1v) is 10.5. The minimum atomic E-state index is -0.923. The molecule has 7 heteroatoms. The highest BCUT2D eigenvalue weighted by atomic mass is 16.6. The van der Waals surface area contributed by atoms with Crippen molar-refractivity contribution in [2.24, 2.45) is 10.9 Å². The van der Waals surface area contributed by atoms with Gasteiger partial charge in [0, 0.05) is 11.6 Å². The number of carbonyl (C=O) groups is 1. The standard InChI is InChI=1S/C26H28N2O5/c1-18-4-3-5-21(14-18)25(28-31-2)17-33-22-10-6-19(7-11-22)16-32-23-12-8-20(9-13-23)24(27)15-26(29)30/h3-14,24H,15-17,27H2,1-2H3,(H,29,30)/b28-25+. The Kier molecular flexibility index (Phi) is 8.43. The largest absolute Gasteiger partial charge is 0.489 e. The van der Waals surface area contributed by atoms with E-state index in [-0.39, 0.29) is 13.0 Å². The second kappa shape index (κ2) is 11.7. The van der Waals surface area contributed by atoms with E-state index in [1.807, 2.05) is 55.5 Å². The molecule has 0 heterocycles. The third-order valence-electron chi connectivity index (χ3n) is 4.96. The molecule has 0 saturated heterocycles. The van der Waals surface area contributed by atoms with E-state index < -0.39 is 12.0 Å². The topological polar surface area (TPSA) is 103 Å². The highest BCUT2D eigenvalue weighted by molar-refractivity contribution is 6.01. The van der Waals surface area contributed by atoms with Crippen LogP contribution >= 0.6 is 0 Å². The fourth-order valence-corrected chi connectivity index (χ4v) is 3.21. The second-order valence-electron chi connectivity index (χ2n) is 7.58. The Morgan fingerprint density at radius 1 is 1.00 bits per heavy atom. The van der Waals surface area contributed by atoms with Gasteiger partial charge in [0.05, 0.1) is 6.42 Å². The van der Waals surface area contributed by atoms with Gasteiger partial charge in [-0.05, 0) is 48.4 Å². The molecule has 0 amide bonds. The zero-order valence-corrected chi connectivity index (χ0v) is 18.7. The van der Waals surface area contributed by atoms with E-state index in [9.17, 15) is 4.79 Å². The number of rotatable bonds is 11. The zero-order valence-electron chi connectivity index (χ0n) is 18.7. The van der Waals surface area contributed by atoms with Gasteiger partial charge < -0.3 is 25.2 Å². The minimum absolute atomic E-state index is 0.113. The lowest BCUT2D eigenvalue weighted by atomic mass is 10.0. The van der Waals surface area contributed by atoms with Crippen molar-refractivity contribution in [3.63, 3.8) is 0 Å². The summed E-state index contributed by atoms with van der Waals surface area (Å²) in [6.07, 6.45) is -0.113. The van der Waals surface area contributed by atoms with Crippen molar-refractivity contribution in [2.45, 2.75) is 26.0 Å². The minimum Gasteiger partial charge on any atom is -0.489 e. The Labute approximate surface area is 193 Å². The molecule has 0 aliphatic heterocycles. The number of hydrogen-bond donors (Lipinski definition) is 2. The Morgan fingerprint density at radius 3 is 2.30 bits per heavy atom. The summed E-state index contributed by atoms with van der Waals surface area (Å²) in [5, 5.41) is 12.9. The number of hydrogen-bond acceptors (Lipinski definition) is 6. The van der Waals surface area contributed by atoms with Gasteiger partial charge in [0.2, 0.25) is 0 Å². The number of ether oxygens (including phenoxy) is 2. The van der Waals surface area contributed by atoms with Crippen LogP contribution in [0.15, 0.2) is 78.0 Å². The van der Waals surface area contributed by atoms with Gasteiger partial charge in [0.15, 0.2) is 0 Å². The van der Waals surface area contributed by atoms with Crippen LogP contribution in [0, 0.1) is 6.92 Å². The number of oxime groups is 1. The molecule has 3 N–H and O–H groups in total. The maximum atomic E-state index is 10.8. The van der Waals surface area contributed by atoms with Crippen LogP contribution in [0.25, 0.3) is 0 Å². The Bertz CT molecular complexity index is 1080. The number of aliphatic carboxylic acids is 1. The monoisotopic (exact) mass is 448 g/mol. The number of nitrogens with zero attached hydrogens (tertiary/aromatic N) is 1. The van der Waals surface area contributed by atoms with E-state index in [4.69, 9.17) is 25.2 Å². The molecular weight excluding hydrogens is 420 g/mol. The molecule has 0 aliphatic carbocycles. The first-order chi connectivity index (χ1) is 15.9. The van der Waals surface area contributed by atoms with Crippen LogP contribution in [0.4, 0.5) is 0 Å². The van der Waals surface area contributed by atoms with E-state index in [1.165, 1.54) is 7.11 Å². The summed E-state index contributed by atoms with van der Waals surface area (Å²) in [4.78, 5) is 15.8. The fraction of sp³-hybridized carbons (Fsp3) is 0.231. The van der Waals surface area contributed by atoms with Gasteiger partial charge >= 0.3 is 5.97 Å². The van der Waals surface area contributed by atoms with Crippen molar-refractivity contribution in [1.82, 2.24) is 0 Å². The van der Waals surface area contributed by atoms with Gasteiger partial charge in [-0.25, -0.2) is 0 Å². The van der Waals surface area contributed by atoms with Crippen molar-refractivity contribution >= 4 is 11.7 Å². The van der Waals surface area contributed by atoms with Gasteiger partial charge in [0.25, 0.3) is 0 Å². The van der Waals surface area contributed by atoms with Crippen molar-refractivity contribution in [1.29, 1.82) is 0 Å². The maximum Gasteiger partial charge on any atom is 0.305 e. The van der Waals surface area contributed by atoms with Crippen LogP contribution in [0.1, 0.15) is 34.7 Å². The Hall–Kier alpha value is -3.84. The van der Waals surface area contributed by atoms with Crippen LogP contribution < -0.4 is 15.2 Å². The molecule has 0 fully saturated rings. The lowest BCUT2D eigenvalue weighted by Crippen LogP contribution is -2.14. The molecule has 1 unspecified atom stereocenters. The van der Waals surface area contributed by atoms with E-state index >= 15 is 0 Å². The number of aryl methyl sites for hydroxylation is 1. The molecule has 0 aliphatic rings. The van der Waals surface area contributed by atoms with Crippen LogP contribution in [0.5, 0.6) is 11.5 Å². The molecule has 0 aromatic heterocycles. The second-order valence-corrected chi connectivity index (χ2v) is 7.58.